The molecule has 0 saturated heterocycles. The van der Waals surface area contributed by atoms with Crippen LogP contribution >= 0.6 is 7.60 Å². The zero-order chi connectivity index (χ0) is 16.8. The third kappa shape index (κ3) is 4.22. The molecule has 0 aromatic heterocycles. The fraction of sp³-hybridized carbons (Fsp3) is 0.357. The van der Waals surface area contributed by atoms with Gasteiger partial charge in [0.05, 0.1) is 13.2 Å². The number of alkyl halides is 2. The van der Waals surface area contributed by atoms with E-state index in [1.807, 2.05) is 0 Å². The van der Waals surface area contributed by atoms with Gasteiger partial charge in [0.1, 0.15) is 0 Å². The highest BCUT2D eigenvalue weighted by Gasteiger charge is 2.54. The van der Waals surface area contributed by atoms with Crippen molar-refractivity contribution in [3.8, 4) is 0 Å². The molecule has 22 heavy (non-hydrogen) atoms. The molecule has 0 aliphatic heterocycles. The number of carbonyl (C=O) groups is 1. The minimum Gasteiger partial charge on any atom is -0.478 e. The van der Waals surface area contributed by atoms with Gasteiger partial charge in [-0.2, -0.15) is 8.78 Å². The molecule has 0 spiro atoms. The molecule has 0 aliphatic rings. The lowest BCUT2D eigenvalue weighted by Gasteiger charge is -2.26. The molecule has 0 radical (unpaired) electrons. The number of carboxylic acids is 1. The van der Waals surface area contributed by atoms with E-state index in [0.717, 1.165) is 24.3 Å². The topological polar surface area (TPSA) is 72.8 Å². The maximum absolute atomic E-state index is 14.5. The zero-order valence-electron chi connectivity index (χ0n) is 12.2. The third-order valence-corrected chi connectivity index (χ3v) is 4.74. The van der Waals surface area contributed by atoms with Crippen molar-refractivity contribution in [1.82, 2.24) is 0 Å². The smallest absolute Gasteiger partial charge is 0.404 e. The third-order valence-electron chi connectivity index (χ3n) is 2.59. The van der Waals surface area contributed by atoms with Crippen LogP contribution in [0.3, 0.4) is 0 Å². The first-order chi connectivity index (χ1) is 10.3. The lowest BCUT2D eigenvalue weighted by molar-refractivity contribution is -0.131. The lowest BCUT2D eigenvalue weighted by Crippen LogP contribution is -2.18. The Bertz CT molecular complexity index is 591. The highest BCUT2D eigenvalue weighted by Crippen LogP contribution is 2.66. The minimum absolute atomic E-state index is 0.189. The van der Waals surface area contributed by atoms with E-state index >= 15 is 0 Å². The van der Waals surface area contributed by atoms with Crippen molar-refractivity contribution in [3.05, 3.63) is 41.5 Å². The fourth-order valence-corrected chi connectivity index (χ4v) is 3.23. The van der Waals surface area contributed by atoms with E-state index in [1.54, 1.807) is 0 Å². The Hall–Kier alpha value is -1.56. The molecule has 0 amide bonds. The van der Waals surface area contributed by atoms with Gasteiger partial charge < -0.3 is 14.2 Å². The SMILES string of the molecule is CCOP(=O)(OCC)C(F)(F)c1cccc(/C=C/C(=O)O)c1. The number of rotatable bonds is 8. The molecular formula is C14H17F2O5P. The first-order valence-corrected chi connectivity index (χ1v) is 8.09. The van der Waals surface area contributed by atoms with Crippen molar-refractivity contribution >= 4 is 19.6 Å². The number of hydrogen-bond donors (Lipinski definition) is 1. The molecule has 1 aromatic rings. The number of carboxylic acid groups (broad SMARTS) is 1. The summed E-state index contributed by atoms with van der Waals surface area (Å²) in [5, 5.41) is 8.55. The second-order valence-corrected chi connectivity index (χ2v) is 6.24. The van der Waals surface area contributed by atoms with Gasteiger partial charge in [-0.3, -0.25) is 4.57 Å². The highest BCUT2D eigenvalue weighted by atomic mass is 31.2. The fourth-order valence-electron chi connectivity index (χ4n) is 1.69. The molecule has 122 valence electrons. The van der Waals surface area contributed by atoms with Crippen LogP contribution in [-0.4, -0.2) is 24.3 Å². The van der Waals surface area contributed by atoms with Crippen molar-refractivity contribution in [2.24, 2.45) is 0 Å². The standard InChI is InChI=1S/C14H17F2O5P/c1-3-20-22(19,21-4-2)14(15,16)12-7-5-6-11(10-12)8-9-13(17)18/h5-10H,3-4H2,1-2H3,(H,17,18)/b9-8+. The summed E-state index contributed by atoms with van der Waals surface area (Å²) < 4.78 is 50.7. The summed E-state index contributed by atoms with van der Waals surface area (Å²) in [6, 6.07) is 4.89. The Morgan fingerprint density at radius 3 is 2.41 bits per heavy atom. The Balaban J connectivity index is 3.23. The van der Waals surface area contributed by atoms with Gasteiger partial charge in [0, 0.05) is 11.6 Å². The molecule has 1 N–H and O–H groups in total. The summed E-state index contributed by atoms with van der Waals surface area (Å²) >= 11 is 0. The lowest BCUT2D eigenvalue weighted by atomic mass is 10.1. The molecule has 5 nitrogen and oxygen atoms in total. The number of hydrogen-bond acceptors (Lipinski definition) is 4. The molecule has 0 unspecified atom stereocenters. The maximum atomic E-state index is 14.5. The van der Waals surface area contributed by atoms with Gasteiger partial charge in [-0.25, -0.2) is 4.79 Å². The highest BCUT2D eigenvalue weighted by molar-refractivity contribution is 7.54. The quantitative estimate of drug-likeness (QED) is 0.572. The number of aliphatic carboxylic acids is 1. The minimum atomic E-state index is -4.68. The van der Waals surface area contributed by atoms with Crippen molar-refractivity contribution < 1.29 is 32.3 Å². The van der Waals surface area contributed by atoms with Crippen LogP contribution in [0.1, 0.15) is 25.0 Å². The summed E-state index contributed by atoms with van der Waals surface area (Å²) in [6.45, 7) is 2.50. The number of halogens is 2. The van der Waals surface area contributed by atoms with E-state index in [9.17, 15) is 18.1 Å². The summed E-state index contributed by atoms with van der Waals surface area (Å²) in [5.74, 6) is -1.20. The van der Waals surface area contributed by atoms with E-state index < -0.39 is 24.8 Å². The van der Waals surface area contributed by atoms with Crippen molar-refractivity contribution in [1.29, 1.82) is 0 Å². The van der Waals surface area contributed by atoms with E-state index in [2.05, 4.69) is 0 Å². The van der Waals surface area contributed by atoms with Crippen LogP contribution in [0.4, 0.5) is 8.78 Å². The van der Waals surface area contributed by atoms with E-state index in [-0.39, 0.29) is 18.8 Å². The van der Waals surface area contributed by atoms with Gasteiger partial charge in [-0.05, 0) is 31.6 Å². The molecule has 0 atom stereocenters. The molecule has 0 heterocycles. The van der Waals surface area contributed by atoms with Gasteiger partial charge in [-0.15, -0.1) is 0 Å². The number of benzene rings is 1. The molecule has 0 aliphatic carbocycles. The van der Waals surface area contributed by atoms with Crippen molar-refractivity contribution in [2.45, 2.75) is 19.5 Å². The van der Waals surface area contributed by atoms with Gasteiger partial charge in [-0.1, -0.05) is 18.2 Å². The summed E-state index contributed by atoms with van der Waals surface area (Å²) in [4.78, 5) is 10.5. The molecule has 1 aromatic carbocycles. The van der Waals surface area contributed by atoms with E-state index in [1.165, 1.54) is 26.0 Å². The largest absolute Gasteiger partial charge is 0.478 e. The average molecular weight is 334 g/mol. The monoisotopic (exact) mass is 334 g/mol. The van der Waals surface area contributed by atoms with Gasteiger partial charge >= 0.3 is 19.2 Å². The van der Waals surface area contributed by atoms with Crippen molar-refractivity contribution in [3.63, 3.8) is 0 Å². The normalized spacial score (nSPS) is 12.7. The van der Waals surface area contributed by atoms with Gasteiger partial charge in [0.25, 0.3) is 0 Å². The van der Waals surface area contributed by atoms with E-state index in [4.69, 9.17) is 14.2 Å². The first kappa shape index (κ1) is 18.5. The van der Waals surface area contributed by atoms with Gasteiger partial charge in [0.15, 0.2) is 0 Å². The van der Waals surface area contributed by atoms with Crippen LogP contribution in [-0.2, 0) is 24.1 Å². The molecule has 8 heteroatoms. The molecule has 0 fully saturated rings. The van der Waals surface area contributed by atoms with Crippen LogP contribution in [0.25, 0.3) is 6.08 Å². The predicted molar refractivity (Wildman–Crippen MR) is 77.9 cm³/mol. The molecular weight excluding hydrogens is 317 g/mol. The average Bonchev–Trinajstić information content (AvgIpc) is 2.46. The Morgan fingerprint density at radius 1 is 1.32 bits per heavy atom. The first-order valence-electron chi connectivity index (χ1n) is 6.55. The second kappa shape index (κ2) is 7.63. The molecule has 1 rings (SSSR count). The van der Waals surface area contributed by atoms with Crippen LogP contribution < -0.4 is 0 Å². The van der Waals surface area contributed by atoms with Crippen LogP contribution in [0.15, 0.2) is 30.3 Å². The van der Waals surface area contributed by atoms with Crippen LogP contribution in [0.5, 0.6) is 0 Å². The summed E-state index contributed by atoms with van der Waals surface area (Å²) in [7, 11) is -4.68. The zero-order valence-corrected chi connectivity index (χ0v) is 13.1. The Morgan fingerprint density at radius 2 is 1.91 bits per heavy atom. The Labute approximate surface area is 127 Å². The van der Waals surface area contributed by atoms with Crippen molar-refractivity contribution in [2.75, 3.05) is 13.2 Å². The van der Waals surface area contributed by atoms with Crippen LogP contribution in [0.2, 0.25) is 0 Å². The maximum Gasteiger partial charge on any atom is 0.404 e. The molecule has 0 bridgehead atoms. The summed E-state index contributed by atoms with van der Waals surface area (Å²) in [5.41, 5.74) is -4.17. The summed E-state index contributed by atoms with van der Waals surface area (Å²) in [6.07, 6.45) is 1.98. The Kier molecular flexibility index (Phi) is 6.41. The van der Waals surface area contributed by atoms with E-state index in [0.29, 0.717) is 0 Å². The second-order valence-electron chi connectivity index (χ2n) is 4.17. The van der Waals surface area contributed by atoms with Gasteiger partial charge in [0.2, 0.25) is 0 Å². The molecule has 0 saturated carbocycles. The van der Waals surface area contributed by atoms with Crippen LogP contribution in [0, 0.1) is 0 Å². The predicted octanol–water partition coefficient (Wildman–Crippen LogP) is 4.10.